The zero-order valence-electron chi connectivity index (χ0n) is 25.8. The van der Waals surface area contributed by atoms with Gasteiger partial charge in [0.1, 0.15) is 12.4 Å². The number of hydrogen-bond acceptors (Lipinski definition) is 5. The molecule has 1 aliphatic carbocycles. The molecule has 0 aromatic heterocycles. The van der Waals surface area contributed by atoms with E-state index in [-0.39, 0.29) is 46.5 Å². The molecule has 2 aliphatic rings. The molecule has 0 spiro atoms. The van der Waals surface area contributed by atoms with Gasteiger partial charge in [-0.3, -0.25) is 0 Å². The Labute approximate surface area is 240 Å². The number of fused-ring (bicyclic) bond motifs is 2. The molecule has 0 amide bonds. The summed E-state index contributed by atoms with van der Waals surface area (Å²) in [5, 5.41) is 10.4. The topological polar surface area (TPSA) is 57.2 Å². The predicted octanol–water partition coefficient (Wildman–Crippen LogP) is 8.16. The van der Waals surface area contributed by atoms with Crippen LogP contribution in [0.1, 0.15) is 59.9 Å². The summed E-state index contributed by atoms with van der Waals surface area (Å²) in [5.41, 5.74) is -0.746. The van der Waals surface area contributed by atoms with Crippen molar-refractivity contribution in [2.45, 2.75) is 121 Å². The van der Waals surface area contributed by atoms with Gasteiger partial charge in [0.25, 0.3) is 0 Å². The first-order chi connectivity index (χ1) is 18.1. The van der Waals surface area contributed by atoms with Gasteiger partial charge in [-0.15, -0.1) is 0 Å². The zero-order chi connectivity index (χ0) is 30.3. The summed E-state index contributed by atoms with van der Waals surface area (Å²) < 4.78 is 65.0. The van der Waals surface area contributed by atoms with E-state index < -0.39 is 40.8 Å². The third-order valence-corrected chi connectivity index (χ3v) is 18.3. The maximum atomic E-state index is 13.2. The number of halogens is 3. The number of ether oxygens (including phenoxy) is 2. The van der Waals surface area contributed by atoms with Crippen molar-refractivity contribution in [1.29, 1.82) is 0 Å². The first-order valence-corrected chi connectivity index (χ1v) is 20.1. The molecule has 228 valence electrons. The van der Waals surface area contributed by atoms with Crippen molar-refractivity contribution in [1.82, 2.24) is 0 Å². The summed E-state index contributed by atoms with van der Waals surface area (Å²) in [6.07, 6.45) is -0.576. The highest BCUT2D eigenvalue weighted by Gasteiger charge is 2.51. The standard InChI is InChI=1S/C30H49F3O5Si2/c1-28(2,3)39(7,8)37-22(19-35-21-13-11-12-20(16-21)30(31,32)33)14-15-23-24-17-27(34)36-25(23)18-26(24)38-40(9,10)29(4,5)6/h11-16,22-27,34H,17-19H2,1-10H3/b15-14+/t22-,23?,24?,25?,26?,27?/m0/s1. The minimum atomic E-state index is -4.44. The second kappa shape index (κ2) is 11.8. The Hall–Kier alpha value is -1.18. The molecule has 40 heavy (non-hydrogen) atoms. The largest absolute Gasteiger partial charge is 0.491 e. The van der Waals surface area contributed by atoms with Crippen LogP contribution in [0.15, 0.2) is 36.4 Å². The summed E-state index contributed by atoms with van der Waals surface area (Å²) in [5.74, 6) is 0.299. The van der Waals surface area contributed by atoms with E-state index in [0.29, 0.717) is 6.42 Å². The molecule has 2 fully saturated rings. The fourth-order valence-electron chi connectivity index (χ4n) is 4.86. The lowest BCUT2D eigenvalue weighted by Crippen LogP contribution is -2.45. The van der Waals surface area contributed by atoms with E-state index in [1.807, 2.05) is 6.08 Å². The highest BCUT2D eigenvalue weighted by molar-refractivity contribution is 6.74. The number of hydrogen-bond donors (Lipinski definition) is 1. The number of alkyl halides is 3. The summed E-state index contributed by atoms with van der Waals surface area (Å²) in [6, 6.07) is 4.93. The minimum Gasteiger partial charge on any atom is -0.491 e. The molecule has 2 bridgehead atoms. The Morgan fingerprint density at radius 2 is 1.62 bits per heavy atom. The predicted molar refractivity (Wildman–Crippen MR) is 157 cm³/mol. The molecular formula is C30H49F3O5Si2. The normalized spacial score (nSPS) is 27.3. The van der Waals surface area contributed by atoms with Crippen molar-refractivity contribution >= 4 is 16.6 Å². The van der Waals surface area contributed by atoms with Gasteiger partial charge in [-0.1, -0.05) is 59.8 Å². The van der Waals surface area contributed by atoms with E-state index in [9.17, 15) is 18.3 Å². The number of rotatable bonds is 9. The van der Waals surface area contributed by atoms with E-state index in [2.05, 4.69) is 73.8 Å². The van der Waals surface area contributed by atoms with Crippen molar-refractivity contribution in [2.24, 2.45) is 11.8 Å². The van der Waals surface area contributed by atoms with Gasteiger partial charge in [-0.25, -0.2) is 0 Å². The first-order valence-electron chi connectivity index (χ1n) is 14.3. The molecule has 1 N–H and O–H groups in total. The van der Waals surface area contributed by atoms with Crippen molar-refractivity contribution in [3.63, 3.8) is 0 Å². The van der Waals surface area contributed by atoms with Crippen LogP contribution >= 0.6 is 0 Å². The molecule has 5 unspecified atom stereocenters. The van der Waals surface area contributed by atoms with Crippen LogP contribution in [0.2, 0.25) is 36.3 Å². The Kier molecular flexibility index (Phi) is 9.86. The molecule has 5 nitrogen and oxygen atoms in total. The highest BCUT2D eigenvalue weighted by Crippen LogP contribution is 2.48. The number of aliphatic hydroxyl groups excluding tert-OH is 1. The van der Waals surface area contributed by atoms with Crippen molar-refractivity contribution in [3.05, 3.63) is 42.0 Å². The van der Waals surface area contributed by atoms with Gasteiger partial charge in [0.2, 0.25) is 0 Å². The van der Waals surface area contributed by atoms with E-state index in [4.69, 9.17) is 18.3 Å². The highest BCUT2D eigenvalue weighted by atomic mass is 28.4. The molecular weight excluding hydrogens is 553 g/mol. The summed E-state index contributed by atoms with van der Waals surface area (Å²) in [4.78, 5) is 0. The molecule has 6 atom stereocenters. The second-order valence-electron chi connectivity index (χ2n) is 14.4. The second-order valence-corrected chi connectivity index (χ2v) is 23.9. The van der Waals surface area contributed by atoms with Gasteiger partial charge >= 0.3 is 6.18 Å². The van der Waals surface area contributed by atoms with Gasteiger partial charge in [-0.2, -0.15) is 13.2 Å². The van der Waals surface area contributed by atoms with E-state index in [1.54, 1.807) is 0 Å². The maximum Gasteiger partial charge on any atom is 0.416 e. The van der Waals surface area contributed by atoms with Crippen molar-refractivity contribution in [2.75, 3.05) is 6.61 Å². The molecule has 1 heterocycles. The smallest absolute Gasteiger partial charge is 0.416 e. The van der Waals surface area contributed by atoms with E-state index in [0.717, 1.165) is 18.6 Å². The molecule has 1 saturated heterocycles. The number of aliphatic hydroxyl groups is 1. The fraction of sp³-hybridized carbons (Fsp3) is 0.733. The van der Waals surface area contributed by atoms with Crippen LogP contribution in [0.5, 0.6) is 5.75 Å². The van der Waals surface area contributed by atoms with Crippen molar-refractivity contribution < 1.29 is 36.6 Å². The molecule has 1 aromatic rings. The summed E-state index contributed by atoms with van der Waals surface area (Å²) in [7, 11) is -4.26. The quantitative estimate of drug-likeness (QED) is 0.228. The van der Waals surface area contributed by atoms with Gasteiger partial charge in [0.15, 0.2) is 22.9 Å². The summed E-state index contributed by atoms with van der Waals surface area (Å²) >= 11 is 0. The monoisotopic (exact) mass is 602 g/mol. The molecule has 10 heteroatoms. The summed E-state index contributed by atoms with van der Waals surface area (Å²) in [6.45, 7) is 21.9. The Morgan fingerprint density at radius 1 is 1.00 bits per heavy atom. The molecule has 1 aliphatic heterocycles. The Morgan fingerprint density at radius 3 is 2.20 bits per heavy atom. The van der Waals surface area contributed by atoms with Crippen LogP contribution in [0, 0.1) is 11.8 Å². The van der Waals surface area contributed by atoms with Crippen LogP contribution in [0.3, 0.4) is 0 Å². The van der Waals surface area contributed by atoms with Gasteiger partial charge < -0.3 is 23.4 Å². The third-order valence-electron chi connectivity index (χ3n) is 9.30. The maximum absolute atomic E-state index is 13.2. The van der Waals surface area contributed by atoms with Gasteiger partial charge in [0.05, 0.1) is 23.9 Å². The van der Waals surface area contributed by atoms with Crippen LogP contribution in [-0.4, -0.2) is 53.0 Å². The van der Waals surface area contributed by atoms with E-state index >= 15 is 0 Å². The molecule has 1 aromatic carbocycles. The van der Waals surface area contributed by atoms with Crippen LogP contribution in [0.25, 0.3) is 0 Å². The number of benzene rings is 1. The SMILES string of the molecule is CC(C)(C)[Si](C)(C)OC1CC2OC(O)CC1C2/C=C/[C@@H](COc1cccc(C(F)(F)F)c1)O[Si](C)(C)C(C)(C)C. The average Bonchev–Trinajstić information content (AvgIpc) is 2.98. The van der Waals surface area contributed by atoms with Crippen molar-refractivity contribution in [3.8, 4) is 5.75 Å². The third kappa shape index (κ3) is 8.01. The minimum absolute atomic E-state index is 0.00110. The first kappa shape index (κ1) is 33.3. The lowest BCUT2D eigenvalue weighted by molar-refractivity contribution is -0.173. The molecule has 0 radical (unpaired) electrons. The fourth-order valence-corrected chi connectivity index (χ4v) is 7.50. The Balaban J connectivity index is 1.82. The Bertz CT molecular complexity index is 1030. The van der Waals surface area contributed by atoms with Gasteiger partial charge in [0, 0.05) is 12.3 Å². The molecule has 3 rings (SSSR count). The van der Waals surface area contributed by atoms with Gasteiger partial charge in [-0.05, 0) is 66.8 Å². The van der Waals surface area contributed by atoms with E-state index in [1.165, 1.54) is 12.1 Å². The lowest BCUT2D eigenvalue weighted by atomic mass is 9.88. The molecule has 1 saturated carbocycles. The van der Waals surface area contributed by atoms with Crippen LogP contribution < -0.4 is 4.74 Å². The zero-order valence-corrected chi connectivity index (χ0v) is 27.8. The van der Waals surface area contributed by atoms with Crippen LogP contribution in [-0.2, 0) is 19.8 Å². The van der Waals surface area contributed by atoms with Crippen LogP contribution in [0.4, 0.5) is 13.2 Å². The lowest BCUT2D eigenvalue weighted by Gasteiger charge is -2.40. The average molecular weight is 603 g/mol.